The molecule has 2 aromatic carbocycles. The van der Waals surface area contributed by atoms with Gasteiger partial charge in [-0.25, -0.2) is 0 Å². The van der Waals surface area contributed by atoms with Gasteiger partial charge in [-0.2, -0.15) is 0 Å². The molecule has 0 spiro atoms. The first-order valence-electron chi connectivity index (χ1n) is 15.0. The highest BCUT2D eigenvalue weighted by Gasteiger charge is 2.27. The molecule has 2 aromatic rings. The van der Waals surface area contributed by atoms with E-state index in [9.17, 15) is 0 Å². The number of hydrogen-bond donors (Lipinski definition) is 0. The lowest BCUT2D eigenvalue weighted by atomic mass is 9.73. The van der Waals surface area contributed by atoms with E-state index in [4.69, 9.17) is 11.6 Å². The molecular weight excluding hydrogens is 444 g/mol. The normalized spacial score (nSPS) is 25.9. The van der Waals surface area contributed by atoms with E-state index in [1.807, 2.05) is 0 Å². The topological polar surface area (TPSA) is 0 Å². The summed E-state index contributed by atoms with van der Waals surface area (Å²) in [6, 6.07) is 16.2. The van der Waals surface area contributed by atoms with Crippen molar-refractivity contribution in [3.63, 3.8) is 0 Å². The quantitative estimate of drug-likeness (QED) is 0.289. The second-order valence-electron chi connectivity index (χ2n) is 11.9. The van der Waals surface area contributed by atoms with Crippen molar-refractivity contribution in [3.05, 3.63) is 58.6 Å². The third kappa shape index (κ3) is 7.15. The van der Waals surface area contributed by atoms with Crippen LogP contribution in [0, 0.1) is 17.8 Å². The molecule has 2 aliphatic rings. The molecule has 0 unspecified atom stereocenters. The van der Waals surface area contributed by atoms with Gasteiger partial charge in [-0.1, -0.05) is 120 Å². The van der Waals surface area contributed by atoms with E-state index in [-0.39, 0.29) is 0 Å². The van der Waals surface area contributed by atoms with Gasteiger partial charge in [0.25, 0.3) is 0 Å². The molecule has 0 heterocycles. The van der Waals surface area contributed by atoms with Gasteiger partial charge in [-0.15, -0.1) is 0 Å². The highest BCUT2D eigenvalue weighted by Crippen LogP contribution is 2.42. The maximum absolute atomic E-state index is 6.90. The molecule has 0 aromatic heterocycles. The summed E-state index contributed by atoms with van der Waals surface area (Å²) in [6.45, 7) is 7.04. The van der Waals surface area contributed by atoms with Gasteiger partial charge < -0.3 is 0 Å². The van der Waals surface area contributed by atoms with Crippen molar-refractivity contribution in [1.29, 1.82) is 0 Å². The van der Waals surface area contributed by atoms with Crippen LogP contribution in [0.25, 0.3) is 11.1 Å². The number of unbranched alkanes of at least 4 members (excludes halogenated alkanes) is 2. The summed E-state index contributed by atoms with van der Waals surface area (Å²) in [4.78, 5) is 0. The highest BCUT2D eigenvalue weighted by molar-refractivity contribution is 6.31. The molecule has 0 bridgehead atoms. The van der Waals surface area contributed by atoms with Gasteiger partial charge in [0.2, 0.25) is 0 Å². The molecule has 4 rings (SSSR count). The van der Waals surface area contributed by atoms with E-state index in [2.05, 4.69) is 63.2 Å². The van der Waals surface area contributed by atoms with Gasteiger partial charge >= 0.3 is 0 Å². The fourth-order valence-corrected chi connectivity index (χ4v) is 7.48. The molecule has 0 saturated heterocycles. The predicted molar refractivity (Wildman–Crippen MR) is 154 cm³/mol. The summed E-state index contributed by atoms with van der Waals surface area (Å²) in [7, 11) is 0. The van der Waals surface area contributed by atoms with E-state index in [1.54, 1.807) is 0 Å². The molecule has 2 saturated carbocycles. The maximum Gasteiger partial charge on any atom is 0.0446 e. The number of halogens is 1. The Morgan fingerprint density at radius 1 is 0.714 bits per heavy atom. The first-order chi connectivity index (χ1) is 17.1. The third-order valence-electron chi connectivity index (χ3n) is 9.56. The maximum atomic E-state index is 6.90. The van der Waals surface area contributed by atoms with Gasteiger partial charge in [0, 0.05) is 5.02 Å². The summed E-state index contributed by atoms with van der Waals surface area (Å²) < 4.78 is 0. The molecule has 192 valence electrons. The minimum absolute atomic E-state index is 0.554. The van der Waals surface area contributed by atoms with Gasteiger partial charge in [-0.3, -0.25) is 0 Å². The van der Waals surface area contributed by atoms with Crippen molar-refractivity contribution < 1.29 is 0 Å². The Kier molecular flexibility index (Phi) is 10.2. The molecular formula is C34H49Cl. The molecule has 0 N–H and O–H groups in total. The second-order valence-corrected chi connectivity index (χ2v) is 12.3. The zero-order chi connectivity index (χ0) is 24.6. The Morgan fingerprint density at radius 3 is 1.97 bits per heavy atom. The average molecular weight is 493 g/mol. The molecule has 0 radical (unpaired) electrons. The third-order valence-corrected chi connectivity index (χ3v) is 9.89. The minimum Gasteiger partial charge on any atom is -0.0840 e. The van der Waals surface area contributed by atoms with Crippen LogP contribution in [0.3, 0.4) is 0 Å². The molecule has 1 atom stereocenters. The van der Waals surface area contributed by atoms with Crippen molar-refractivity contribution in [2.75, 3.05) is 0 Å². The smallest absolute Gasteiger partial charge is 0.0446 e. The van der Waals surface area contributed by atoms with Crippen LogP contribution in [0.4, 0.5) is 0 Å². The van der Waals surface area contributed by atoms with Crippen molar-refractivity contribution in [2.45, 2.75) is 122 Å². The van der Waals surface area contributed by atoms with Gasteiger partial charge in [0.05, 0.1) is 0 Å². The first kappa shape index (κ1) is 26.8. The Labute approximate surface area is 221 Å². The Balaban J connectivity index is 1.33. The van der Waals surface area contributed by atoms with Crippen LogP contribution in [-0.4, -0.2) is 0 Å². The van der Waals surface area contributed by atoms with E-state index >= 15 is 0 Å². The number of rotatable bonds is 10. The standard InChI is InChI=1S/C34H49Cl/c1-4-6-7-9-27-10-14-28(15-11-27)25(3)33-23-22-32(24-34(33)35)31-20-18-30(19-21-31)29-16-12-26(8-5-2)13-17-29/h18-29H,4-17H2,1-3H3/t25-,26?,27?,28?,29?/m1/s1. The van der Waals surface area contributed by atoms with Crippen LogP contribution in [0.5, 0.6) is 0 Å². The molecule has 1 heteroatoms. The molecule has 2 aliphatic carbocycles. The van der Waals surface area contributed by atoms with Crippen LogP contribution in [0.1, 0.15) is 134 Å². The van der Waals surface area contributed by atoms with Gasteiger partial charge in [0.1, 0.15) is 0 Å². The SMILES string of the molecule is CCCCCC1CCC([C@@H](C)c2ccc(-c3ccc(C4CCC(CCC)CC4)cc3)cc2Cl)CC1. The predicted octanol–water partition coefficient (Wildman–Crippen LogP) is 11.6. The molecule has 0 nitrogen and oxygen atoms in total. The minimum atomic E-state index is 0.554. The van der Waals surface area contributed by atoms with Crippen molar-refractivity contribution in [3.8, 4) is 11.1 Å². The fourth-order valence-electron chi connectivity index (χ4n) is 7.13. The lowest BCUT2D eigenvalue weighted by molar-refractivity contribution is 0.236. The van der Waals surface area contributed by atoms with Crippen LogP contribution in [-0.2, 0) is 0 Å². The Morgan fingerprint density at radius 2 is 1.34 bits per heavy atom. The Hall–Kier alpha value is -1.27. The molecule has 35 heavy (non-hydrogen) atoms. The lowest BCUT2D eigenvalue weighted by Gasteiger charge is -2.33. The summed E-state index contributed by atoms with van der Waals surface area (Å²) in [5.74, 6) is 4.04. The lowest BCUT2D eigenvalue weighted by Crippen LogP contribution is -2.19. The van der Waals surface area contributed by atoms with Gasteiger partial charge in [-0.05, 0) is 96.4 Å². The first-order valence-corrected chi connectivity index (χ1v) is 15.4. The Bertz CT molecular complexity index is 881. The van der Waals surface area contributed by atoms with Crippen LogP contribution >= 0.6 is 11.6 Å². The largest absolute Gasteiger partial charge is 0.0840 e. The van der Waals surface area contributed by atoms with Crippen molar-refractivity contribution in [1.82, 2.24) is 0 Å². The summed E-state index contributed by atoms with van der Waals surface area (Å²) >= 11 is 6.90. The molecule has 0 amide bonds. The van der Waals surface area contributed by atoms with Crippen molar-refractivity contribution >= 4 is 11.6 Å². The molecule has 0 aliphatic heterocycles. The number of hydrogen-bond acceptors (Lipinski definition) is 0. The molecule has 2 fully saturated rings. The van der Waals surface area contributed by atoms with E-state index in [0.717, 1.165) is 28.7 Å². The monoisotopic (exact) mass is 492 g/mol. The van der Waals surface area contributed by atoms with Gasteiger partial charge in [0.15, 0.2) is 0 Å². The van der Waals surface area contributed by atoms with E-state index < -0.39 is 0 Å². The second kappa shape index (κ2) is 13.3. The van der Waals surface area contributed by atoms with Crippen LogP contribution in [0.2, 0.25) is 5.02 Å². The highest BCUT2D eigenvalue weighted by atomic mass is 35.5. The van der Waals surface area contributed by atoms with E-state index in [1.165, 1.54) is 112 Å². The fraction of sp³-hybridized carbons (Fsp3) is 0.647. The van der Waals surface area contributed by atoms with E-state index in [0.29, 0.717) is 5.92 Å². The summed E-state index contributed by atoms with van der Waals surface area (Å²) in [5.41, 5.74) is 5.43. The van der Waals surface area contributed by atoms with Crippen LogP contribution in [0.15, 0.2) is 42.5 Å². The summed E-state index contributed by atoms with van der Waals surface area (Å²) in [5, 5.41) is 0.957. The van der Waals surface area contributed by atoms with Crippen molar-refractivity contribution in [2.24, 2.45) is 17.8 Å². The summed E-state index contributed by atoms with van der Waals surface area (Å²) in [6.07, 6.45) is 19.5. The number of benzene rings is 2. The van der Waals surface area contributed by atoms with Crippen LogP contribution < -0.4 is 0 Å². The zero-order valence-electron chi connectivity index (χ0n) is 22.7. The average Bonchev–Trinajstić information content (AvgIpc) is 2.90. The zero-order valence-corrected chi connectivity index (χ0v) is 23.5.